The second kappa shape index (κ2) is 9.43. The van der Waals surface area contributed by atoms with E-state index in [4.69, 9.17) is 4.74 Å². The quantitative estimate of drug-likeness (QED) is 0.785. The first kappa shape index (κ1) is 17.6. The maximum Gasteiger partial charge on any atom is 0.306 e. The van der Waals surface area contributed by atoms with E-state index in [2.05, 4.69) is 0 Å². The van der Waals surface area contributed by atoms with E-state index >= 15 is 0 Å². The second-order valence-corrected chi connectivity index (χ2v) is 2.93. The van der Waals surface area contributed by atoms with Crippen LogP contribution in [0.5, 0.6) is 0 Å². The summed E-state index contributed by atoms with van der Waals surface area (Å²) in [5.74, 6) is -0.471. The van der Waals surface area contributed by atoms with Gasteiger partial charge in [0.2, 0.25) is 0 Å². The molecule has 92 valence electrons. The van der Waals surface area contributed by atoms with Gasteiger partial charge in [0.25, 0.3) is 0 Å². The zero-order valence-corrected chi connectivity index (χ0v) is 10.6. The first-order valence-corrected chi connectivity index (χ1v) is 4.62. The van der Waals surface area contributed by atoms with Crippen molar-refractivity contribution in [3.05, 3.63) is 35.6 Å². The first-order chi connectivity index (χ1) is 6.72. The number of ether oxygens (including phenoxy) is 1. The molecule has 0 radical (unpaired) electrons. The zero-order chi connectivity index (χ0) is 10.4. The summed E-state index contributed by atoms with van der Waals surface area (Å²) in [4.78, 5) is 11.0. The van der Waals surface area contributed by atoms with Crippen molar-refractivity contribution in [2.24, 2.45) is 0 Å². The molecule has 1 aromatic rings. The molecule has 0 aliphatic heterocycles. The molecule has 0 bridgehead atoms. The van der Waals surface area contributed by atoms with Crippen molar-refractivity contribution in [3.63, 3.8) is 0 Å². The van der Waals surface area contributed by atoms with E-state index in [-0.39, 0.29) is 36.6 Å². The Morgan fingerprint density at radius 3 is 2.31 bits per heavy atom. The zero-order valence-electron chi connectivity index (χ0n) is 8.94. The summed E-state index contributed by atoms with van der Waals surface area (Å²) in [5, 5.41) is 0. The van der Waals surface area contributed by atoms with Crippen LogP contribution in [0.15, 0.2) is 24.3 Å². The van der Waals surface area contributed by atoms with Crippen LogP contribution in [0, 0.1) is 5.82 Å². The summed E-state index contributed by atoms with van der Waals surface area (Å²) in [6.07, 6.45) is 0.943. The molecule has 0 aliphatic rings. The largest absolute Gasteiger partial charge is 0.466 e. The van der Waals surface area contributed by atoms with Crippen LogP contribution in [0.25, 0.3) is 0 Å². The fourth-order valence-corrected chi connectivity index (χ4v) is 1.13. The lowest BCUT2D eigenvalue weighted by Gasteiger charge is -2.01. The number of benzene rings is 1. The highest BCUT2D eigenvalue weighted by Crippen LogP contribution is 2.05. The van der Waals surface area contributed by atoms with E-state index in [1.807, 2.05) is 0 Å². The van der Waals surface area contributed by atoms with Gasteiger partial charge in [-0.15, -0.1) is 24.8 Å². The van der Waals surface area contributed by atoms with Crippen LogP contribution >= 0.6 is 24.8 Å². The monoisotopic (exact) mass is 268 g/mol. The van der Waals surface area contributed by atoms with Gasteiger partial charge in [-0.25, -0.2) is 4.39 Å². The molecule has 0 aliphatic carbocycles. The highest BCUT2D eigenvalue weighted by atomic mass is 35.5. The number of carbonyl (C=O) groups excluding carboxylic acids is 1. The molecule has 2 nitrogen and oxygen atoms in total. The van der Waals surface area contributed by atoms with Gasteiger partial charge in [-0.3, -0.25) is 4.79 Å². The van der Waals surface area contributed by atoms with E-state index in [1.165, 1.54) is 12.1 Å². The second-order valence-electron chi connectivity index (χ2n) is 2.93. The smallest absolute Gasteiger partial charge is 0.306 e. The van der Waals surface area contributed by atoms with Gasteiger partial charge in [0, 0.05) is 6.42 Å². The van der Waals surface area contributed by atoms with E-state index in [0.717, 1.165) is 5.56 Å². The number of carbonyl (C=O) groups is 1. The Bertz CT molecular complexity index is 301. The molecule has 1 rings (SSSR count). The van der Waals surface area contributed by atoms with Crippen LogP contribution in [-0.4, -0.2) is 12.6 Å². The molecule has 0 saturated carbocycles. The van der Waals surface area contributed by atoms with Gasteiger partial charge in [-0.05, 0) is 31.0 Å². The summed E-state index contributed by atoms with van der Waals surface area (Å²) in [6, 6.07) is 6.13. The fourth-order valence-electron chi connectivity index (χ4n) is 1.13. The topological polar surface area (TPSA) is 26.3 Å². The van der Waals surface area contributed by atoms with E-state index < -0.39 is 0 Å². The first-order valence-electron chi connectivity index (χ1n) is 4.62. The third-order valence-electron chi connectivity index (χ3n) is 1.84. The van der Waals surface area contributed by atoms with Crippen LogP contribution in [0.2, 0.25) is 0 Å². The van der Waals surface area contributed by atoms with Gasteiger partial charge in [0.15, 0.2) is 0 Å². The lowest BCUT2D eigenvalue weighted by molar-refractivity contribution is -0.143. The molecule has 0 unspecified atom stereocenters. The number of hydrogen-bond donors (Lipinski definition) is 0. The standard InChI is InChI=1S/C11H13FO2.2ClH/c1-2-14-11(13)8-5-9-3-6-10(12)7-4-9;;/h3-4,6-7H,2,5,8H2,1H3;2*1H. The van der Waals surface area contributed by atoms with Crippen molar-refractivity contribution in [1.82, 2.24) is 0 Å². The number of rotatable bonds is 4. The van der Waals surface area contributed by atoms with Gasteiger partial charge in [0.05, 0.1) is 6.61 Å². The van der Waals surface area contributed by atoms with E-state index in [1.54, 1.807) is 19.1 Å². The van der Waals surface area contributed by atoms with E-state index in [0.29, 0.717) is 19.4 Å². The highest BCUT2D eigenvalue weighted by Gasteiger charge is 2.02. The SMILES string of the molecule is CCOC(=O)CCc1ccc(F)cc1.Cl.Cl. The normalized spacial score (nSPS) is 8.62. The molecule has 5 heteroatoms. The number of esters is 1. The summed E-state index contributed by atoms with van der Waals surface area (Å²) in [5.41, 5.74) is 0.944. The van der Waals surface area contributed by atoms with Gasteiger partial charge < -0.3 is 4.74 Å². The Morgan fingerprint density at radius 2 is 1.81 bits per heavy atom. The van der Waals surface area contributed by atoms with Crippen molar-refractivity contribution < 1.29 is 13.9 Å². The molecular formula is C11H15Cl2FO2. The molecule has 0 aromatic heterocycles. The predicted octanol–water partition coefficient (Wildman–Crippen LogP) is 3.17. The third kappa shape index (κ3) is 6.64. The predicted molar refractivity (Wildman–Crippen MR) is 65.9 cm³/mol. The summed E-state index contributed by atoms with van der Waals surface area (Å²) in [7, 11) is 0. The Hall–Kier alpha value is -0.800. The molecule has 0 saturated heterocycles. The lowest BCUT2D eigenvalue weighted by atomic mass is 10.1. The van der Waals surface area contributed by atoms with Gasteiger partial charge in [-0.1, -0.05) is 12.1 Å². The minimum atomic E-state index is -0.259. The molecule has 0 fully saturated rings. The van der Waals surface area contributed by atoms with Crippen LogP contribution in [0.3, 0.4) is 0 Å². The fraction of sp³-hybridized carbons (Fsp3) is 0.364. The van der Waals surface area contributed by atoms with Crippen LogP contribution in [0.1, 0.15) is 18.9 Å². The van der Waals surface area contributed by atoms with Crippen molar-refractivity contribution in [2.45, 2.75) is 19.8 Å². The highest BCUT2D eigenvalue weighted by molar-refractivity contribution is 5.85. The minimum Gasteiger partial charge on any atom is -0.466 e. The van der Waals surface area contributed by atoms with Gasteiger partial charge in [0.1, 0.15) is 5.82 Å². The summed E-state index contributed by atoms with van der Waals surface area (Å²) < 4.78 is 17.3. The Morgan fingerprint density at radius 1 is 1.25 bits per heavy atom. The lowest BCUT2D eigenvalue weighted by Crippen LogP contribution is -2.05. The van der Waals surface area contributed by atoms with Crippen LogP contribution in [-0.2, 0) is 16.0 Å². The Kier molecular flexibility index (Phi) is 10.4. The minimum absolute atomic E-state index is 0. The Balaban J connectivity index is 0. The van der Waals surface area contributed by atoms with Gasteiger partial charge >= 0.3 is 5.97 Å². The average molecular weight is 269 g/mol. The number of halogens is 3. The number of aryl methyl sites for hydroxylation is 1. The molecular weight excluding hydrogens is 254 g/mol. The third-order valence-corrected chi connectivity index (χ3v) is 1.84. The molecule has 0 N–H and O–H groups in total. The van der Waals surface area contributed by atoms with Crippen molar-refractivity contribution >= 4 is 30.8 Å². The van der Waals surface area contributed by atoms with E-state index in [9.17, 15) is 9.18 Å². The molecule has 0 heterocycles. The molecule has 16 heavy (non-hydrogen) atoms. The van der Waals surface area contributed by atoms with Gasteiger partial charge in [-0.2, -0.15) is 0 Å². The van der Waals surface area contributed by atoms with Crippen LogP contribution < -0.4 is 0 Å². The average Bonchev–Trinajstić information content (AvgIpc) is 2.17. The molecule has 1 aromatic carbocycles. The Labute approximate surface area is 107 Å². The molecule has 0 spiro atoms. The molecule has 0 atom stereocenters. The molecule has 0 amide bonds. The van der Waals surface area contributed by atoms with Crippen molar-refractivity contribution in [1.29, 1.82) is 0 Å². The van der Waals surface area contributed by atoms with Crippen LogP contribution in [0.4, 0.5) is 4.39 Å². The summed E-state index contributed by atoms with van der Waals surface area (Å²) in [6.45, 7) is 2.18. The maximum atomic E-state index is 12.5. The maximum absolute atomic E-state index is 12.5. The summed E-state index contributed by atoms with van der Waals surface area (Å²) >= 11 is 0. The van der Waals surface area contributed by atoms with Crippen molar-refractivity contribution in [3.8, 4) is 0 Å². The van der Waals surface area contributed by atoms with Crippen molar-refractivity contribution in [2.75, 3.05) is 6.61 Å². The number of hydrogen-bond acceptors (Lipinski definition) is 2.